The van der Waals surface area contributed by atoms with Gasteiger partial charge in [-0.1, -0.05) is 17.7 Å². The molecule has 0 unspecified atom stereocenters. The predicted octanol–water partition coefficient (Wildman–Crippen LogP) is 3.05. The molecule has 0 spiro atoms. The van der Waals surface area contributed by atoms with Gasteiger partial charge in [-0.05, 0) is 23.6 Å². The quantitative estimate of drug-likeness (QED) is 0.817. The molecule has 2 rings (SSSR count). The smallest absolute Gasteiger partial charge is 0.257 e. The molecule has 0 radical (unpaired) electrons. The first-order chi connectivity index (χ1) is 7.25. The van der Waals surface area contributed by atoms with Crippen LogP contribution in [-0.2, 0) is 0 Å². The lowest BCUT2D eigenvalue weighted by Gasteiger charge is -2.02. The zero-order valence-electron chi connectivity index (χ0n) is 7.61. The third-order valence-corrected chi connectivity index (χ3v) is 2.63. The zero-order valence-corrected chi connectivity index (χ0v) is 9.18. The number of carbonyl (C=O) groups excluding carboxylic acids is 1. The van der Waals surface area contributed by atoms with E-state index in [4.69, 9.17) is 11.6 Å². The van der Waals surface area contributed by atoms with Gasteiger partial charge in [-0.2, -0.15) is 11.3 Å². The van der Waals surface area contributed by atoms with Crippen LogP contribution in [0.15, 0.2) is 35.0 Å². The average molecular weight is 239 g/mol. The number of amides is 1. The molecule has 76 valence electrons. The second-order valence-electron chi connectivity index (χ2n) is 2.81. The summed E-state index contributed by atoms with van der Waals surface area (Å²) in [6, 6.07) is 6.83. The van der Waals surface area contributed by atoms with Crippen molar-refractivity contribution in [2.24, 2.45) is 0 Å². The van der Waals surface area contributed by atoms with Crippen LogP contribution in [-0.4, -0.2) is 10.9 Å². The summed E-state index contributed by atoms with van der Waals surface area (Å²) in [5.74, 6) is 0.282. The highest BCUT2D eigenvalue weighted by Gasteiger charge is 2.06. The van der Waals surface area contributed by atoms with Crippen LogP contribution in [0.25, 0.3) is 0 Å². The summed E-state index contributed by atoms with van der Waals surface area (Å²) < 4.78 is 0. The third kappa shape index (κ3) is 2.55. The molecule has 0 bridgehead atoms. The number of halogens is 1. The Balaban J connectivity index is 2.13. The lowest BCUT2D eigenvalue weighted by Crippen LogP contribution is -2.11. The van der Waals surface area contributed by atoms with Crippen LogP contribution in [0, 0.1) is 0 Å². The van der Waals surface area contributed by atoms with Crippen molar-refractivity contribution in [3.8, 4) is 0 Å². The van der Waals surface area contributed by atoms with Crippen molar-refractivity contribution in [3.05, 3.63) is 45.7 Å². The van der Waals surface area contributed by atoms with Crippen molar-refractivity contribution in [3.63, 3.8) is 0 Å². The van der Waals surface area contributed by atoms with Gasteiger partial charge in [0.15, 0.2) is 0 Å². The summed E-state index contributed by atoms with van der Waals surface area (Å²) in [6.45, 7) is 0. The van der Waals surface area contributed by atoms with E-state index < -0.39 is 0 Å². The zero-order chi connectivity index (χ0) is 10.7. The van der Waals surface area contributed by atoms with E-state index in [9.17, 15) is 4.79 Å². The van der Waals surface area contributed by atoms with Crippen LogP contribution in [0.2, 0.25) is 5.15 Å². The summed E-state index contributed by atoms with van der Waals surface area (Å²) in [5, 5.41) is 6.64. The fourth-order valence-corrected chi connectivity index (χ4v) is 1.86. The minimum absolute atomic E-state index is 0.175. The van der Waals surface area contributed by atoms with E-state index in [-0.39, 0.29) is 5.91 Å². The van der Waals surface area contributed by atoms with Crippen molar-refractivity contribution in [1.82, 2.24) is 4.98 Å². The van der Waals surface area contributed by atoms with E-state index >= 15 is 0 Å². The van der Waals surface area contributed by atoms with E-state index in [1.165, 1.54) is 11.3 Å². The molecule has 0 fully saturated rings. The fourth-order valence-electron chi connectivity index (χ4n) is 1.06. The molecular formula is C10H7ClN2OS. The van der Waals surface area contributed by atoms with Gasteiger partial charge in [0.1, 0.15) is 11.0 Å². The van der Waals surface area contributed by atoms with Gasteiger partial charge in [0.25, 0.3) is 5.91 Å². The molecule has 0 aliphatic heterocycles. The number of anilines is 1. The summed E-state index contributed by atoms with van der Waals surface area (Å²) in [7, 11) is 0. The summed E-state index contributed by atoms with van der Waals surface area (Å²) in [5.41, 5.74) is 0.627. The number of nitrogens with one attached hydrogen (secondary N) is 1. The van der Waals surface area contributed by atoms with E-state index in [2.05, 4.69) is 10.3 Å². The average Bonchev–Trinajstić information content (AvgIpc) is 2.70. The molecule has 0 saturated heterocycles. The van der Waals surface area contributed by atoms with Crippen LogP contribution in [0.5, 0.6) is 0 Å². The maximum atomic E-state index is 11.6. The van der Waals surface area contributed by atoms with Crippen LogP contribution in [0.4, 0.5) is 5.82 Å². The molecule has 15 heavy (non-hydrogen) atoms. The number of hydrogen-bond acceptors (Lipinski definition) is 3. The first-order valence-electron chi connectivity index (χ1n) is 4.22. The van der Waals surface area contributed by atoms with E-state index in [0.29, 0.717) is 16.5 Å². The minimum Gasteiger partial charge on any atom is -0.306 e. The largest absolute Gasteiger partial charge is 0.306 e. The van der Waals surface area contributed by atoms with Crippen LogP contribution in [0.1, 0.15) is 10.4 Å². The topological polar surface area (TPSA) is 42.0 Å². The number of carbonyl (C=O) groups is 1. The highest BCUT2D eigenvalue weighted by atomic mass is 35.5. The van der Waals surface area contributed by atoms with E-state index in [1.54, 1.807) is 29.6 Å². The molecule has 1 amide bonds. The number of aromatic nitrogens is 1. The lowest BCUT2D eigenvalue weighted by atomic mass is 10.3. The van der Waals surface area contributed by atoms with E-state index in [1.807, 2.05) is 5.38 Å². The first kappa shape index (κ1) is 10.1. The van der Waals surface area contributed by atoms with Gasteiger partial charge in [-0.3, -0.25) is 4.79 Å². The predicted molar refractivity (Wildman–Crippen MR) is 61.5 cm³/mol. The number of hydrogen-bond donors (Lipinski definition) is 1. The maximum absolute atomic E-state index is 11.6. The molecule has 0 atom stereocenters. The number of nitrogens with zero attached hydrogens (tertiary/aromatic N) is 1. The van der Waals surface area contributed by atoms with E-state index in [0.717, 1.165) is 0 Å². The maximum Gasteiger partial charge on any atom is 0.257 e. The van der Waals surface area contributed by atoms with Gasteiger partial charge in [0.2, 0.25) is 0 Å². The highest BCUT2D eigenvalue weighted by Crippen LogP contribution is 2.12. The van der Waals surface area contributed by atoms with Crippen LogP contribution < -0.4 is 5.32 Å². The Bertz CT molecular complexity index is 470. The summed E-state index contributed by atoms with van der Waals surface area (Å²) in [4.78, 5) is 15.6. The molecule has 2 aromatic heterocycles. The van der Waals surface area contributed by atoms with Crippen molar-refractivity contribution in [2.75, 3.05) is 5.32 Å². The molecule has 2 aromatic rings. The number of rotatable bonds is 2. The lowest BCUT2D eigenvalue weighted by molar-refractivity contribution is 0.102. The summed E-state index contributed by atoms with van der Waals surface area (Å²) >= 11 is 7.17. The van der Waals surface area contributed by atoms with Gasteiger partial charge in [-0.25, -0.2) is 4.98 Å². The third-order valence-electron chi connectivity index (χ3n) is 1.74. The first-order valence-corrected chi connectivity index (χ1v) is 5.54. The Morgan fingerprint density at radius 1 is 1.40 bits per heavy atom. The molecule has 1 N–H and O–H groups in total. The minimum atomic E-state index is -0.175. The molecule has 0 aliphatic carbocycles. The van der Waals surface area contributed by atoms with Crippen LogP contribution in [0.3, 0.4) is 0 Å². The molecule has 0 aliphatic rings. The highest BCUT2D eigenvalue weighted by molar-refractivity contribution is 7.08. The van der Waals surface area contributed by atoms with Crippen LogP contribution >= 0.6 is 22.9 Å². The number of pyridine rings is 1. The Hall–Kier alpha value is -1.39. The van der Waals surface area contributed by atoms with Crippen molar-refractivity contribution in [2.45, 2.75) is 0 Å². The monoisotopic (exact) mass is 238 g/mol. The van der Waals surface area contributed by atoms with Gasteiger partial charge < -0.3 is 5.32 Å². The Morgan fingerprint density at radius 3 is 2.93 bits per heavy atom. The normalized spacial score (nSPS) is 9.93. The van der Waals surface area contributed by atoms with Gasteiger partial charge in [-0.15, -0.1) is 0 Å². The Labute approximate surface area is 95.7 Å². The second-order valence-corrected chi connectivity index (χ2v) is 3.98. The van der Waals surface area contributed by atoms with Crippen molar-refractivity contribution in [1.29, 1.82) is 0 Å². The fraction of sp³-hybridized carbons (Fsp3) is 0. The molecule has 5 heteroatoms. The standard InChI is InChI=1S/C10H7ClN2OS/c11-8-2-1-3-9(12-8)13-10(14)7-4-5-15-6-7/h1-6H,(H,12,13,14). The van der Waals surface area contributed by atoms with Gasteiger partial charge in [0, 0.05) is 5.38 Å². The SMILES string of the molecule is O=C(Nc1cccc(Cl)n1)c1ccsc1. The van der Waals surface area contributed by atoms with Gasteiger partial charge >= 0.3 is 0 Å². The molecule has 3 nitrogen and oxygen atoms in total. The Morgan fingerprint density at radius 2 is 2.27 bits per heavy atom. The Kier molecular flexibility index (Phi) is 2.99. The van der Waals surface area contributed by atoms with Crippen molar-refractivity contribution < 1.29 is 4.79 Å². The summed E-state index contributed by atoms with van der Waals surface area (Å²) in [6.07, 6.45) is 0. The van der Waals surface area contributed by atoms with Crippen molar-refractivity contribution >= 4 is 34.7 Å². The molecule has 0 saturated carbocycles. The second kappa shape index (κ2) is 4.42. The van der Waals surface area contributed by atoms with Gasteiger partial charge in [0.05, 0.1) is 5.56 Å². The molecular weight excluding hydrogens is 232 g/mol. The molecule has 0 aromatic carbocycles. The molecule has 2 heterocycles. The number of thiophene rings is 1.